The predicted molar refractivity (Wildman–Crippen MR) is 129 cm³/mol. The van der Waals surface area contributed by atoms with Crippen molar-refractivity contribution in [3.05, 3.63) is 83.0 Å². The summed E-state index contributed by atoms with van der Waals surface area (Å²) in [4.78, 5) is 32.9. The summed E-state index contributed by atoms with van der Waals surface area (Å²) < 4.78 is 32.6. The molecule has 1 aromatic heterocycles. The van der Waals surface area contributed by atoms with Crippen molar-refractivity contribution in [3.8, 4) is 5.75 Å². The molecular weight excluding hydrogens is 478 g/mol. The molecule has 0 saturated carbocycles. The first-order valence-electron chi connectivity index (χ1n) is 11.0. The third-order valence-electron chi connectivity index (χ3n) is 5.48. The van der Waals surface area contributed by atoms with Gasteiger partial charge in [-0.3, -0.25) is 9.59 Å². The number of hydrogen-bond donors (Lipinski definition) is 1. The van der Waals surface area contributed by atoms with E-state index >= 15 is 0 Å². The van der Waals surface area contributed by atoms with E-state index in [4.69, 9.17) is 16.3 Å². The highest BCUT2D eigenvalue weighted by Crippen LogP contribution is 2.19. The first kappa shape index (κ1) is 24.4. The molecular formula is C25H23ClF2N4O3. The smallest absolute Gasteiger partial charge is 0.262 e. The summed E-state index contributed by atoms with van der Waals surface area (Å²) in [6.07, 6.45) is 2.22. The van der Waals surface area contributed by atoms with Gasteiger partial charge in [-0.15, -0.1) is 0 Å². The van der Waals surface area contributed by atoms with Crippen LogP contribution in [0.25, 0.3) is 0 Å². The van der Waals surface area contributed by atoms with Crippen LogP contribution in [-0.4, -0.2) is 54.5 Å². The second-order valence-electron chi connectivity index (χ2n) is 7.95. The van der Waals surface area contributed by atoms with Crippen molar-refractivity contribution >= 4 is 34.9 Å². The lowest BCUT2D eigenvalue weighted by Gasteiger charge is -2.23. The monoisotopic (exact) mass is 500 g/mol. The number of amides is 2. The molecule has 1 aliphatic rings. The molecule has 1 fully saturated rings. The molecule has 1 aliphatic heterocycles. The number of carbonyl (C=O) groups excluding carboxylic acids is 2. The zero-order valence-electron chi connectivity index (χ0n) is 18.7. The second kappa shape index (κ2) is 11.1. The van der Waals surface area contributed by atoms with E-state index in [2.05, 4.69) is 10.3 Å². The molecule has 4 rings (SSSR count). The SMILES string of the molecule is O=C(COc1ccc(Cl)cc1)Nc1ccc(N2CCCN(C(=O)c3ccc(F)cc3F)CC2)nc1. The molecule has 0 unspecified atom stereocenters. The highest BCUT2D eigenvalue weighted by molar-refractivity contribution is 6.30. The van der Waals surface area contributed by atoms with E-state index < -0.39 is 17.5 Å². The van der Waals surface area contributed by atoms with Crippen molar-refractivity contribution in [3.63, 3.8) is 0 Å². The normalized spacial score (nSPS) is 13.8. The molecule has 7 nitrogen and oxygen atoms in total. The minimum absolute atomic E-state index is 0.141. The first-order valence-corrected chi connectivity index (χ1v) is 11.4. The number of anilines is 2. The fourth-order valence-electron chi connectivity index (χ4n) is 3.71. The number of hydrogen-bond acceptors (Lipinski definition) is 5. The molecule has 1 N–H and O–H groups in total. The van der Waals surface area contributed by atoms with Crippen LogP contribution in [0.5, 0.6) is 5.75 Å². The van der Waals surface area contributed by atoms with Gasteiger partial charge in [0.05, 0.1) is 17.4 Å². The van der Waals surface area contributed by atoms with E-state index in [1.807, 2.05) is 4.90 Å². The van der Waals surface area contributed by atoms with Crippen LogP contribution in [0.4, 0.5) is 20.3 Å². The highest BCUT2D eigenvalue weighted by Gasteiger charge is 2.23. The van der Waals surface area contributed by atoms with Gasteiger partial charge in [-0.05, 0) is 55.0 Å². The van der Waals surface area contributed by atoms with E-state index in [-0.39, 0.29) is 18.1 Å². The van der Waals surface area contributed by atoms with Crippen molar-refractivity contribution in [1.29, 1.82) is 0 Å². The number of ether oxygens (including phenoxy) is 1. The summed E-state index contributed by atoms with van der Waals surface area (Å²) in [5.41, 5.74) is 0.384. The molecule has 0 radical (unpaired) electrons. The van der Waals surface area contributed by atoms with Gasteiger partial charge in [-0.1, -0.05) is 11.6 Å². The number of pyridine rings is 1. The van der Waals surface area contributed by atoms with Gasteiger partial charge in [0.1, 0.15) is 23.2 Å². The Morgan fingerprint density at radius 2 is 1.80 bits per heavy atom. The van der Waals surface area contributed by atoms with Crippen molar-refractivity contribution in [2.45, 2.75) is 6.42 Å². The maximum atomic E-state index is 14.0. The van der Waals surface area contributed by atoms with Crippen molar-refractivity contribution < 1.29 is 23.1 Å². The Bertz CT molecular complexity index is 1190. The second-order valence-corrected chi connectivity index (χ2v) is 8.39. The third kappa shape index (κ3) is 6.45. The molecule has 2 heterocycles. The van der Waals surface area contributed by atoms with Gasteiger partial charge in [0.2, 0.25) is 0 Å². The number of aromatic nitrogens is 1. The molecule has 10 heteroatoms. The summed E-state index contributed by atoms with van der Waals surface area (Å²) in [6.45, 7) is 1.82. The van der Waals surface area contributed by atoms with E-state index in [0.29, 0.717) is 60.9 Å². The van der Waals surface area contributed by atoms with Crippen LogP contribution in [-0.2, 0) is 4.79 Å². The molecule has 35 heavy (non-hydrogen) atoms. The van der Waals surface area contributed by atoms with Crippen LogP contribution in [0, 0.1) is 11.6 Å². The lowest BCUT2D eigenvalue weighted by atomic mass is 10.1. The number of halogens is 3. The molecule has 2 aromatic carbocycles. The zero-order chi connectivity index (χ0) is 24.8. The zero-order valence-corrected chi connectivity index (χ0v) is 19.5. The summed E-state index contributed by atoms with van der Waals surface area (Å²) in [5, 5.41) is 3.31. The largest absolute Gasteiger partial charge is 0.484 e. The Kier molecular flexibility index (Phi) is 7.77. The predicted octanol–water partition coefficient (Wildman–Crippen LogP) is 4.38. The first-order chi connectivity index (χ1) is 16.9. The number of carbonyl (C=O) groups is 2. The lowest BCUT2D eigenvalue weighted by Crippen LogP contribution is -2.35. The number of nitrogens with one attached hydrogen (secondary N) is 1. The molecule has 2 amide bonds. The van der Waals surface area contributed by atoms with Crippen molar-refractivity contribution in [2.24, 2.45) is 0 Å². The topological polar surface area (TPSA) is 74.8 Å². The van der Waals surface area contributed by atoms with E-state index in [1.54, 1.807) is 47.5 Å². The van der Waals surface area contributed by atoms with Gasteiger partial charge in [0, 0.05) is 37.3 Å². The van der Waals surface area contributed by atoms with Crippen molar-refractivity contribution in [2.75, 3.05) is 43.0 Å². The number of benzene rings is 2. The van der Waals surface area contributed by atoms with E-state index in [0.717, 1.165) is 6.07 Å². The van der Waals surface area contributed by atoms with Crippen LogP contribution in [0.1, 0.15) is 16.8 Å². The van der Waals surface area contributed by atoms with Crippen LogP contribution < -0.4 is 15.0 Å². The van der Waals surface area contributed by atoms with Gasteiger partial charge in [-0.25, -0.2) is 13.8 Å². The standard InChI is InChI=1S/C25H23ClF2N4O3/c26-17-2-6-20(7-3-17)35-16-24(33)30-19-5-9-23(29-15-19)31-10-1-11-32(13-12-31)25(34)21-8-4-18(27)14-22(21)28/h2-9,14-15H,1,10-13,16H2,(H,30,33). The summed E-state index contributed by atoms with van der Waals surface area (Å²) in [5.74, 6) is -1.14. The van der Waals surface area contributed by atoms with Gasteiger partial charge >= 0.3 is 0 Å². The van der Waals surface area contributed by atoms with Crippen LogP contribution in [0.3, 0.4) is 0 Å². The van der Waals surface area contributed by atoms with Gasteiger partial charge in [0.25, 0.3) is 11.8 Å². The molecule has 182 valence electrons. The molecule has 3 aromatic rings. The lowest BCUT2D eigenvalue weighted by molar-refractivity contribution is -0.118. The van der Waals surface area contributed by atoms with Crippen molar-refractivity contribution in [1.82, 2.24) is 9.88 Å². The molecule has 1 saturated heterocycles. The molecule has 0 atom stereocenters. The fourth-order valence-corrected chi connectivity index (χ4v) is 3.83. The molecule has 0 spiro atoms. The Hall–Kier alpha value is -3.72. The van der Waals surface area contributed by atoms with E-state index in [1.165, 1.54) is 6.07 Å². The molecule has 0 aliphatic carbocycles. The minimum atomic E-state index is -0.867. The summed E-state index contributed by atoms with van der Waals surface area (Å²) in [7, 11) is 0. The Morgan fingerprint density at radius 3 is 2.51 bits per heavy atom. The average molecular weight is 501 g/mol. The quantitative estimate of drug-likeness (QED) is 0.543. The molecule has 0 bridgehead atoms. The summed E-state index contributed by atoms with van der Waals surface area (Å²) in [6, 6.07) is 13.2. The Labute approximate surface area is 206 Å². The Balaban J connectivity index is 1.30. The maximum absolute atomic E-state index is 14.0. The van der Waals surface area contributed by atoms with Gasteiger partial charge < -0.3 is 19.9 Å². The van der Waals surface area contributed by atoms with Gasteiger partial charge in [0.15, 0.2) is 6.61 Å². The summed E-state index contributed by atoms with van der Waals surface area (Å²) >= 11 is 5.83. The Morgan fingerprint density at radius 1 is 1.00 bits per heavy atom. The number of rotatable bonds is 6. The number of nitrogens with zero attached hydrogens (tertiary/aromatic N) is 3. The van der Waals surface area contributed by atoms with Crippen LogP contribution >= 0.6 is 11.6 Å². The van der Waals surface area contributed by atoms with E-state index in [9.17, 15) is 18.4 Å². The third-order valence-corrected chi connectivity index (χ3v) is 5.74. The van der Waals surface area contributed by atoms with Gasteiger partial charge in [-0.2, -0.15) is 0 Å². The fraction of sp³-hybridized carbons (Fsp3) is 0.240. The average Bonchev–Trinajstić information content (AvgIpc) is 3.10. The highest BCUT2D eigenvalue weighted by atomic mass is 35.5. The van der Waals surface area contributed by atoms with Crippen LogP contribution in [0.2, 0.25) is 5.02 Å². The maximum Gasteiger partial charge on any atom is 0.262 e. The minimum Gasteiger partial charge on any atom is -0.484 e. The van der Waals surface area contributed by atoms with Crippen LogP contribution in [0.15, 0.2) is 60.8 Å².